The Morgan fingerprint density at radius 3 is 2.83 bits per heavy atom. The fraction of sp³-hybridized carbons (Fsp3) is 0.409. The van der Waals surface area contributed by atoms with Gasteiger partial charge in [0.2, 0.25) is 0 Å². The number of aliphatic carboxylic acids is 1. The second-order valence-electron chi connectivity index (χ2n) is 8.03. The summed E-state index contributed by atoms with van der Waals surface area (Å²) in [5.74, 6) is -0.841. The Labute approximate surface area is 205 Å². The Kier molecular flexibility index (Phi) is 7.22. The van der Waals surface area contributed by atoms with Crippen molar-refractivity contribution in [1.29, 1.82) is 0 Å². The molecule has 0 unspecified atom stereocenters. The number of amides is 1. The van der Waals surface area contributed by atoms with E-state index in [9.17, 15) is 14.7 Å². The van der Waals surface area contributed by atoms with Crippen LogP contribution in [0.2, 0.25) is 5.15 Å². The molecule has 3 aromatic rings. The van der Waals surface area contributed by atoms with E-state index in [0.29, 0.717) is 25.4 Å². The number of nitrogens with one attached hydrogen (secondary N) is 1. The first kappa shape index (κ1) is 24.5. The van der Waals surface area contributed by atoms with Gasteiger partial charge in [0.05, 0.1) is 18.6 Å². The minimum Gasteiger partial charge on any atom is -0.546 e. The van der Waals surface area contributed by atoms with Crippen molar-refractivity contribution in [3.63, 3.8) is 0 Å². The number of imidazole rings is 1. The summed E-state index contributed by atoms with van der Waals surface area (Å²) in [6, 6.07) is 5.32. The van der Waals surface area contributed by atoms with Gasteiger partial charge in [-0.25, -0.2) is 19.1 Å². The Balaban J connectivity index is 1.69. The predicted octanol–water partition coefficient (Wildman–Crippen LogP) is -0.206. The van der Waals surface area contributed by atoms with E-state index in [1.807, 2.05) is 17.6 Å². The van der Waals surface area contributed by atoms with Crippen molar-refractivity contribution in [2.24, 2.45) is 0 Å². The van der Waals surface area contributed by atoms with Gasteiger partial charge in [0.15, 0.2) is 33.5 Å². The highest BCUT2D eigenvalue weighted by Gasteiger charge is 2.29. The number of nitrogens with zero attached hydrogens (tertiary/aromatic N) is 4. The first-order chi connectivity index (χ1) is 16.8. The Bertz CT molecular complexity index is 1270. The first-order valence-electron chi connectivity index (χ1n) is 11.1. The number of carbonyl (C=O) groups excluding carboxylic acids is 2. The van der Waals surface area contributed by atoms with Crippen LogP contribution in [0.1, 0.15) is 36.1 Å². The molecule has 0 saturated carbocycles. The SMILES string of the molecule is CC[n+]1c(CNC(=O)c2nc(Cl)c(N)nc2N)n(C[C@@H]2CCCO2)c2cc(OCC(=O)[O-])ccc21. The second kappa shape index (κ2) is 10.3. The lowest BCUT2D eigenvalue weighted by molar-refractivity contribution is -0.676. The van der Waals surface area contributed by atoms with Crippen molar-refractivity contribution in [2.45, 2.75) is 45.5 Å². The van der Waals surface area contributed by atoms with E-state index >= 15 is 0 Å². The number of halogens is 1. The van der Waals surface area contributed by atoms with Gasteiger partial charge >= 0.3 is 0 Å². The number of fused-ring (bicyclic) bond motifs is 1. The summed E-state index contributed by atoms with van der Waals surface area (Å²) in [7, 11) is 0. The molecule has 1 amide bonds. The zero-order valence-electron chi connectivity index (χ0n) is 19.1. The van der Waals surface area contributed by atoms with Crippen LogP contribution in [-0.2, 0) is 29.2 Å². The van der Waals surface area contributed by atoms with E-state index in [2.05, 4.69) is 19.9 Å². The first-order valence-corrected chi connectivity index (χ1v) is 11.5. The number of rotatable bonds is 9. The summed E-state index contributed by atoms with van der Waals surface area (Å²) >= 11 is 5.92. The third-order valence-electron chi connectivity index (χ3n) is 5.76. The van der Waals surface area contributed by atoms with Crippen molar-refractivity contribution >= 4 is 46.1 Å². The van der Waals surface area contributed by atoms with E-state index in [1.165, 1.54) is 0 Å². The van der Waals surface area contributed by atoms with Gasteiger partial charge in [-0.2, -0.15) is 0 Å². The van der Waals surface area contributed by atoms with E-state index in [0.717, 1.165) is 29.7 Å². The van der Waals surface area contributed by atoms with Crippen molar-refractivity contribution in [3.8, 4) is 5.75 Å². The largest absolute Gasteiger partial charge is 0.546 e. The molecule has 0 spiro atoms. The molecular weight excluding hydrogens is 478 g/mol. The van der Waals surface area contributed by atoms with Crippen LogP contribution in [0.3, 0.4) is 0 Å². The average Bonchev–Trinajstić information content (AvgIpc) is 3.44. The van der Waals surface area contributed by atoms with E-state index in [-0.39, 0.29) is 35.1 Å². The summed E-state index contributed by atoms with van der Waals surface area (Å²) in [4.78, 5) is 31.5. The number of aryl methyl sites for hydroxylation is 1. The van der Waals surface area contributed by atoms with Crippen LogP contribution in [0.5, 0.6) is 5.75 Å². The smallest absolute Gasteiger partial charge is 0.277 e. The van der Waals surface area contributed by atoms with Crippen molar-refractivity contribution < 1.29 is 28.7 Å². The number of carboxylic acids is 1. The highest BCUT2D eigenvalue weighted by Crippen LogP contribution is 2.24. The number of carboxylic acid groups (broad SMARTS) is 1. The van der Waals surface area contributed by atoms with Crippen molar-refractivity contribution in [2.75, 3.05) is 24.7 Å². The summed E-state index contributed by atoms with van der Waals surface area (Å²) in [5, 5.41) is 13.6. The molecule has 12 nitrogen and oxygen atoms in total. The van der Waals surface area contributed by atoms with E-state index in [4.69, 9.17) is 32.5 Å². The zero-order chi connectivity index (χ0) is 25.1. The lowest BCUT2D eigenvalue weighted by Crippen LogP contribution is -2.41. The van der Waals surface area contributed by atoms with Gasteiger partial charge in [0.1, 0.15) is 25.4 Å². The molecule has 35 heavy (non-hydrogen) atoms. The molecule has 1 atom stereocenters. The van der Waals surface area contributed by atoms with Crippen LogP contribution in [0.4, 0.5) is 11.6 Å². The van der Waals surface area contributed by atoms with Crippen LogP contribution >= 0.6 is 11.6 Å². The van der Waals surface area contributed by atoms with Crippen LogP contribution in [-0.4, -0.2) is 45.7 Å². The third-order valence-corrected chi connectivity index (χ3v) is 6.04. The number of hydrogen-bond donors (Lipinski definition) is 3. The van der Waals surface area contributed by atoms with Crippen LogP contribution in [0, 0.1) is 0 Å². The highest BCUT2D eigenvalue weighted by atomic mass is 35.5. The predicted molar refractivity (Wildman–Crippen MR) is 124 cm³/mol. The Hall–Kier alpha value is -3.64. The maximum absolute atomic E-state index is 12.9. The second-order valence-corrected chi connectivity index (χ2v) is 8.39. The topological polar surface area (TPSA) is 174 Å². The molecule has 3 heterocycles. The van der Waals surface area contributed by atoms with Crippen LogP contribution in [0.15, 0.2) is 18.2 Å². The van der Waals surface area contributed by atoms with Crippen molar-refractivity contribution in [1.82, 2.24) is 19.9 Å². The molecule has 0 aliphatic carbocycles. The van der Waals surface area contributed by atoms with E-state index in [1.54, 1.807) is 12.1 Å². The monoisotopic (exact) mass is 503 g/mol. The molecule has 1 aliphatic rings. The Morgan fingerprint density at radius 1 is 1.34 bits per heavy atom. The minimum absolute atomic E-state index is 0.00979. The maximum Gasteiger partial charge on any atom is 0.277 e. The number of ether oxygens (including phenoxy) is 2. The quantitative estimate of drug-likeness (QED) is 0.334. The van der Waals surface area contributed by atoms with Gasteiger partial charge < -0.3 is 36.2 Å². The standard InChI is InChI=1S/C22H26ClN7O5/c1-2-29-14-6-5-12(35-11-17(31)32)8-15(14)30(10-13-4-3-7-34-13)16(29)9-26-22(33)18-20(24)28-21(25)19(23)27-18/h5-6,8,13H,2-4,7,9-11H2,1H3,(H5-,24,25,26,28,31,32,33)/t13-/m0/s1. The molecule has 0 radical (unpaired) electrons. The fourth-order valence-corrected chi connectivity index (χ4v) is 4.32. The summed E-state index contributed by atoms with van der Waals surface area (Å²) in [6.45, 7) is 3.45. The molecule has 13 heteroatoms. The molecule has 1 aromatic carbocycles. The molecular formula is C22H26ClN7O5. The number of aromatic nitrogens is 4. The number of nitrogens with two attached hydrogens (primary N) is 2. The molecule has 4 rings (SSSR count). The van der Waals surface area contributed by atoms with Gasteiger partial charge in [0, 0.05) is 12.7 Å². The number of nitrogen functional groups attached to an aromatic ring is 2. The molecule has 0 bridgehead atoms. The summed E-state index contributed by atoms with van der Waals surface area (Å²) in [6.07, 6.45) is 1.89. The van der Waals surface area contributed by atoms with E-state index < -0.39 is 18.5 Å². The number of anilines is 2. The van der Waals surface area contributed by atoms with Gasteiger partial charge in [-0.1, -0.05) is 11.6 Å². The van der Waals surface area contributed by atoms with Crippen LogP contribution < -0.4 is 31.2 Å². The Morgan fingerprint density at radius 2 is 2.14 bits per heavy atom. The van der Waals surface area contributed by atoms with Gasteiger partial charge in [-0.05, 0) is 31.9 Å². The normalized spacial score (nSPS) is 15.4. The van der Waals surface area contributed by atoms with Gasteiger partial charge in [-0.3, -0.25) is 4.79 Å². The maximum atomic E-state index is 12.9. The van der Waals surface area contributed by atoms with Crippen LogP contribution in [0.25, 0.3) is 11.0 Å². The minimum atomic E-state index is -1.31. The molecule has 1 saturated heterocycles. The molecule has 2 aromatic heterocycles. The molecule has 186 valence electrons. The summed E-state index contributed by atoms with van der Waals surface area (Å²) < 4.78 is 15.3. The highest BCUT2D eigenvalue weighted by molar-refractivity contribution is 6.31. The number of benzene rings is 1. The number of carbonyl (C=O) groups is 2. The number of hydrogen-bond acceptors (Lipinski definition) is 9. The van der Waals surface area contributed by atoms with Crippen molar-refractivity contribution in [3.05, 3.63) is 34.9 Å². The lowest BCUT2D eigenvalue weighted by atomic mass is 10.2. The van der Waals surface area contributed by atoms with Gasteiger partial charge in [0.25, 0.3) is 11.7 Å². The molecule has 5 N–H and O–H groups in total. The molecule has 1 aliphatic heterocycles. The third kappa shape index (κ3) is 5.23. The fourth-order valence-electron chi connectivity index (χ4n) is 4.19. The lowest BCUT2D eigenvalue weighted by Gasteiger charge is -2.11. The zero-order valence-corrected chi connectivity index (χ0v) is 19.9. The summed E-state index contributed by atoms with van der Waals surface area (Å²) in [5.41, 5.74) is 13.0. The van der Waals surface area contributed by atoms with Gasteiger partial charge in [-0.15, -0.1) is 0 Å². The molecule has 1 fully saturated rings. The average molecular weight is 504 g/mol.